The maximum atomic E-state index is 9.63. The highest BCUT2D eigenvalue weighted by Crippen LogP contribution is 2.53. The molecule has 2 radical (unpaired) electrons. The minimum Gasteiger partial charge on any atom is -0.412 e. The van der Waals surface area contributed by atoms with Gasteiger partial charge in [-0.05, 0) is 0 Å². The Balaban J connectivity index is -0.000000107. The molecule has 12 heteroatoms. The molecule has 0 amide bonds. The molecule has 0 saturated heterocycles. The standard InChI is InChI=1S/Mg.H4O7P2.2H2O/c;1-8(2,3)7-9(4,5)6;;/h;(H2,1,2,3)(H2,4,5,6);2*1H2. The van der Waals surface area contributed by atoms with Crippen molar-refractivity contribution >= 4 is 38.7 Å². The third-order valence-corrected chi connectivity index (χ3v) is 1.91. The Hall–Kier alpha value is 0.946. The van der Waals surface area contributed by atoms with Gasteiger partial charge in [0.2, 0.25) is 0 Å². The van der Waals surface area contributed by atoms with Crippen LogP contribution in [0.5, 0.6) is 0 Å². The van der Waals surface area contributed by atoms with Crippen LogP contribution in [0.15, 0.2) is 0 Å². The van der Waals surface area contributed by atoms with Crippen LogP contribution in [0.4, 0.5) is 0 Å². The van der Waals surface area contributed by atoms with Gasteiger partial charge in [-0.3, -0.25) is 0 Å². The van der Waals surface area contributed by atoms with Crippen molar-refractivity contribution in [3.8, 4) is 0 Å². The molecule has 0 aliphatic rings. The first kappa shape index (κ1) is 23.1. The number of hydrogen-bond donors (Lipinski definition) is 4. The molecule has 0 saturated carbocycles. The van der Waals surface area contributed by atoms with E-state index < -0.39 is 15.6 Å². The third kappa shape index (κ3) is 22.4. The van der Waals surface area contributed by atoms with Crippen molar-refractivity contribution in [1.29, 1.82) is 0 Å². The highest BCUT2D eigenvalue weighted by molar-refractivity contribution is 7.60. The van der Waals surface area contributed by atoms with Gasteiger partial charge in [0.1, 0.15) is 0 Å². The Labute approximate surface area is 83.0 Å². The van der Waals surface area contributed by atoms with Crippen molar-refractivity contribution < 1.29 is 44.0 Å². The fourth-order valence-electron chi connectivity index (χ4n) is 0.139. The smallest absolute Gasteiger partial charge is 0.412 e. The summed E-state index contributed by atoms with van der Waals surface area (Å²) >= 11 is 0. The minimum absolute atomic E-state index is 0. The Morgan fingerprint density at radius 1 is 0.833 bits per heavy atom. The van der Waals surface area contributed by atoms with Gasteiger partial charge >= 0.3 is 15.6 Å². The lowest BCUT2D eigenvalue weighted by Crippen LogP contribution is -1.84. The number of rotatable bonds is 2. The van der Waals surface area contributed by atoms with Crippen molar-refractivity contribution in [2.24, 2.45) is 0 Å². The highest BCUT2D eigenvalue weighted by Gasteiger charge is 2.27. The largest absolute Gasteiger partial charge is 0.478 e. The van der Waals surface area contributed by atoms with E-state index in [9.17, 15) is 9.13 Å². The van der Waals surface area contributed by atoms with Gasteiger partial charge in [-0.15, -0.1) is 0 Å². The van der Waals surface area contributed by atoms with Crippen LogP contribution in [0, 0.1) is 0 Å². The van der Waals surface area contributed by atoms with Crippen LogP contribution < -0.4 is 0 Å². The second-order valence-corrected chi connectivity index (χ2v) is 3.68. The summed E-state index contributed by atoms with van der Waals surface area (Å²) in [6.07, 6.45) is 0. The van der Waals surface area contributed by atoms with E-state index in [1.54, 1.807) is 0 Å². The summed E-state index contributed by atoms with van der Waals surface area (Å²) in [5, 5.41) is 0. The van der Waals surface area contributed by atoms with Gasteiger partial charge in [-0.1, -0.05) is 0 Å². The van der Waals surface area contributed by atoms with Crippen LogP contribution in [0.25, 0.3) is 0 Å². The van der Waals surface area contributed by atoms with Gasteiger partial charge in [-0.2, -0.15) is 4.31 Å². The molecule has 9 nitrogen and oxygen atoms in total. The molecular formula is H8MgO9P2. The van der Waals surface area contributed by atoms with E-state index >= 15 is 0 Å². The SMILES string of the molecule is O.O.O=P(O)(O)OP(=O)(O)O.[Mg]. The van der Waals surface area contributed by atoms with Crippen molar-refractivity contribution in [3.63, 3.8) is 0 Å². The van der Waals surface area contributed by atoms with Gasteiger partial charge < -0.3 is 30.5 Å². The number of hydrogen-bond acceptors (Lipinski definition) is 3. The fourth-order valence-corrected chi connectivity index (χ4v) is 1.25. The van der Waals surface area contributed by atoms with Gasteiger partial charge in [0, 0.05) is 23.1 Å². The summed E-state index contributed by atoms with van der Waals surface area (Å²) in [5.74, 6) is 0. The average molecular weight is 238 g/mol. The molecule has 0 aromatic rings. The normalized spacial score (nSPS) is 10.3. The van der Waals surface area contributed by atoms with Crippen LogP contribution in [-0.2, 0) is 13.4 Å². The first-order valence-corrected chi connectivity index (χ1v) is 4.59. The second kappa shape index (κ2) is 7.36. The summed E-state index contributed by atoms with van der Waals surface area (Å²) in [4.78, 5) is 31.0. The molecule has 0 fully saturated rings. The summed E-state index contributed by atoms with van der Waals surface area (Å²) in [6, 6.07) is 0. The van der Waals surface area contributed by atoms with Crippen LogP contribution in [0.3, 0.4) is 0 Å². The molecule has 0 aliphatic carbocycles. The van der Waals surface area contributed by atoms with Crippen LogP contribution >= 0.6 is 15.6 Å². The van der Waals surface area contributed by atoms with Crippen molar-refractivity contribution in [1.82, 2.24) is 0 Å². The number of phosphoric acid groups is 2. The predicted molar refractivity (Wildman–Crippen MR) is 38.2 cm³/mol. The zero-order valence-electron chi connectivity index (χ0n) is 5.62. The zero-order valence-corrected chi connectivity index (χ0v) is 8.82. The molecule has 0 aliphatic heterocycles. The van der Waals surface area contributed by atoms with E-state index in [0.29, 0.717) is 0 Å². The molecular weight excluding hydrogens is 230 g/mol. The Morgan fingerprint density at radius 3 is 1.00 bits per heavy atom. The Bertz CT molecular complexity index is 153. The molecule has 0 bridgehead atoms. The lowest BCUT2D eigenvalue weighted by atomic mass is 15.7. The summed E-state index contributed by atoms with van der Waals surface area (Å²) in [5.41, 5.74) is 0. The maximum absolute atomic E-state index is 9.63. The van der Waals surface area contributed by atoms with E-state index in [0.717, 1.165) is 0 Å². The van der Waals surface area contributed by atoms with Crippen LogP contribution in [0.1, 0.15) is 0 Å². The zero-order chi connectivity index (χ0) is 7.71. The lowest BCUT2D eigenvalue weighted by molar-refractivity contribution is 0.225. The van der Waals surface area contributed by atoms with Crippen molar-refractivity contribution in [2.45, 2.75) is 0 Å². The quantitative estimate of drug-likeness (QED) is 0.294. The molecule has 0 heterocycles. The molecule has 0 aromatic carbocycles. The third-order valence-electron chi connectivity index (χ3n) is 0.213. The van der Waals surface area contributed by atoms with Crippen molar-refractivity contribution in [2.75, 3.05) is 0 Å². The van der Waals surface area contributed by atoms with Crippen LogP contribution in [-0.4, -0.2) is 53.6 Å². The fraction of sp³-hybridized carbons (Fsp3) is 0. The minimum atomic E-state index is -5.05. The average Bonchev–Trinajstić information content (AvgIpc) is 1.14. The molecule has 0 aromatic heterocycles. The van der Waals surface area contributed by atoms with Gasteiger partial charge in [-0.25, -0.2) is 9.13 Å². The van der Waals surface area contributed by atoms with E-state index in [1.807, 2.05) is 0 Å². The van der Waals surface area contributed by atoms with Gasteiger partial charge in [0.15, 0.2) is 0 Å². The monoisotopic (exact) mass is 238 g/mol. The van der Waals surface area contributed by atoms with E-state index in [1.165, 1.54) is 0 Å². The van der Waals surface area contributed by atoms with E-state index in [2.05, 4.69) is 4.31 Å². The highest BCUT2D eigenvalue weighted by atomic mass is 31.3. The Kier molecular flexibility index (Phi) is 14.2. The van der Waals surface area contributed by atoms with Crippen LogP contribution in [0.2, 0.25) is 0 Å². The molecule has 0 rings (SSSR count). The molecule has 74 valence electrons. The predicted octanol–water partition coefficient (Wildman–Crippen LogP) is -2.84. The topological polar surface area (TPSA) is 187 Å². The summed E-state index contributed by atoms with van der Waals surface area (Å²) < 4.78 is 22.2. The molecule has 0 atom stereocenters. The Morgan fingerprint density at radius 2 is 1.00 bits per heavy atom. The first-order chi connectivity index (χ1) is 3.71. The van der Waals surface area contributed by atoms with Gasteiger partial charge in [0.05, 0.1) is 0 Å². The molecule has 0 unspecified atom stereocenters. The maximum Gasteiger partial charge on any atom is 0.478 e. The molecule has 12 heavy (non-hydrogen) atoms. The molecule has 0 spiro atoms. The van der Waals surface area contributed by atoms with E-state index in [4.69, 9.17) is 19.6 Å². The van der Waals surface area contributed by atoms with Crippen molar-refractivity contribution in [3.05, 3.63) is 0 Å². The summed E-state index contributed by atoms with van der Waals surface area (Å²) in [6.45, 7) is 0. The lowest BCUT2D eigenvalue weighted by Gasteiger charge is -2.03. The summed E-state index contributed by atoms with van der Waals surface area (Å²) in [7, 11) is -10.1. The van der Waals surface area contributed by atoms with E-state index in [-0.39, 0.29) is 34.0 Å². The second-order valence-electron chi connectivity index (χ2n) is 1.06. The van der Waals surface area contributed by atoms with Gasteiger partial charge in [0.25, 0.3) is 0 Å². The first-order valence-electron chi connectivity index (χ1n) is 1.53. The molecule has 8 N–H and O–H groups in total.